The molecule has 9 nitrogen and oxygen atoms in total. The number of esters is 1. The summed E-state index contributed by atoms with van der Waals surface area (Å²) in [5.41, 5.74) is 0.739. The molecule has 0 aromatic heterocycles. The first-order chi connectivity index (χ1) is 11.2. The zero-order valence-corrected chi connectivity index (χ0v) is 13.7. The Morgan fingerprint density at radius 3 is 2.46 bits per heavy atom. The number of benzene rings is 1. The number of ether oxygens (including phenoxy) is 2. The van der Waals surface area contributed by atoms with Crippen molar-refractivity contribution in [3.8, 4) is 5.75 Å². The molecule has 0 radical (unpaired) electrons. The van der Waals surface area contributed by atoms with E-state index in [0.29, 0.717) is 6.41 Å². The molecule has 0 bridgehead atoms. The summed E-state index contributed by atoms with van der Waals surface area (Å²) in [4.78, 5) is 22.0. The van der Waals surface area contributed by atoms with E-state index in [0.717, 1.165) is 5.56 Å². The number of carbonyl (C=O) groups excluding carboxylic acids is 2. The minimum Gasteiger partial charge on any atom is -0.427 e. The van der Waals surface area contributed by atoms with Crippen LogP contribution >= 0.6 is 0 Å². The highest BCUT2D eigenvalue weighted by Gasteiger charge is 2.18. The van der Waals surface area contributed by atoms with Gasteiger partial charge in [0.15, 0.2) is 6.29 Å². The Kier molecular flexibility index (Phi) is 7.79. The first kappa shape index (κ1) is 20.0. The Morgan fingerprint density at radius 1 is 1.33 bits per heavy atom. The number of rotatable bonds is 10. The Balaban J connectivity index is 2.61. The fourth-order valence-corrected chi connectivity index (χ4v) is 2.26. The molecule has 0 aliphatic rings. The predicted molar refractivity (Wildman–Crippen MR) is 82.8 cm³/mol. The van der Waals surface area contributed by atoms with E-state index < -0.39 is 40.6 Å². The summed E-state index contributed by atoms with van der Waals surface area (Å²) in [5.74, 6) is -1.31. The van der Waals surface area contributed by atoms with Gasteiger partial charge < -0.3 is 19.9 Å². The maximum Gasteiger partial charge on any atom is 0.312 e. The van der Waals surface area contributed by atoms with Gasteiger partial charge in [-0.2, -0.15) is 8.42 Å². The van der Waals surface area contributed by atoms with Gasteiger partial charge in [-0.3, -0.25) is 14.1 Å². The summed E-state index contributed by atoms with van der Waals surface area (Å²) >= 11 is 0. The normalized spacial score (nSPS) is 13.8. The third-order valence-corrected chi connectivity index (χ3v) is 3.76. The molecule has 3 N–H and O–H groups in total. The van der Waals surface area contributed by atoms with Gasteiger partial charge in [-0.1, -0.05) is 12.1 Å². The molecule has 2 atom stereocenters. The van der Waals surface area contributed by atoms with Crippen molar-refractivity contribution < 1.29 is 37.1 Å². The molecule has 0 saturated carbocycles. The van der Waals surface area contributed by atoms with E-state index in [9.17, 15) is 23.1 Å². The molecule has 24 heavy (non-hydrogen) atoms. The summed E-state index contributed by atoms with van der Waals surface area (Å²) in [6.07, 6.45) is -0.900. The number of methoxy groups -OCH3 is 1. The van der Waals surface area contributed by atoms with E-state index in [-0.39, 0.29) is 12.2 Å². The molecule has 0 saturated heterocycles. The van der Waals surface area contributed by atoms with Gasteiger partial charge in [0.2, 0.25) is 6.41 Å². The monoisotopic (exact) mass is 361 g/mol. The molecule has 0 spiro atoms. The van der Waals surface area contributed by atoms with Gasteiger partial charge in [-0.05, 0) is 24.1 Å². The molecule has 134 valence electrons. The van der Waals surface area contributed by atoms with Crippen LogP contribution in [0.3, 0.4) is 0 Å². The van der Waals surface area contributed by atoms with Crippen LogP contribution in [0.1, 0.15) is 12.0 Å². The number of aliphatic hydroxyl groups is 1. The third-order valence-electron chi connectivity index (χ3n) is 3.04. The molecule has 0 heterocycles. The van der Waals surface area contributed by atoms with Gasteiger partial charge in [0, 0.05) is 7.11 Å². The lowest BCUT2D eigenvalue weighted by atomic mass is 10.1. The van der Waals surface area contributed by atoms with E-state index in [1.54, 1.807) is 12.1 Å². The molecular weight excluding hydrogens is 342 g/mol. The van der Waals surface area contributed by atoms with Crippen molar-refractivity contribution in [1.82, 2.24) is 5.32 Å². The molecule has 0 fully saturated rings. The highest BCUT2D eigenvalue weighted by Crippen LogP contribution is 2.15. The van der Waals surface area contributed by atoms with Crippen LogP contribution < -0.4 is 10.1 Å². The van der Waals surface area contributed by atoms with Crippen LogP contribution in [0.4, 0.5) is 0 Å². The molecular formula is C14H19NO8S. The number of amides is 1. The second kappa shape index (κ2) is 9.33. The van der Waals surface area contributed by atoms with Gasteiger partial charge >= 0.3 is 5.97 Å². The van der Waals surface area contributed by atoms with Gasteiger partial charge in [0.05, 0.1) is 18.2 Å². The van der Waals surface area contributed by atoms with Gasteiger partial charge in [0.1, 0.15) is 5.75 Å². The van der Waals surface area contributed by atoms with Crippen molar-refractivity contribution in [2.45, 2.75) is 25.2 Å². The fraction of sp³-hybridized carbons (Fsp3) is 0.429. The predicted octanol–water partition coefficient (Wildman–Crippen LogP) is -0.508. The second-order valence-electron chi connectivity index (χ2n) is 4.88. The largest absolute Gasteiger partial charge is 0.427 e. The first-order valence-electron chi connectivity index (χ1n) is 6.90. The molecule has 1 rings (SSSR count). The van der Waals surface area contributed by atoms with E-state index >= 15 is 0 Å². The molecule has 0 aliphatic carbocycles. The molecule has 1 amide bonds. The van der Waals surface area contributed by atoms with Crippen LogP contribution in [0.5, 0.6) is 5.75 Å². The lowest BCUT2D eigenvalue weighted by Crippen LogP contribution is -2.41. The van der Waals surface area contributed by atoms with E-state index in [2.05, 4.69) is 5.32 Å². The molecule has 1 aromatic rings. The molecule has 2 unspecified atom stereocenters. The number of hydrogen-bond acceptors (Lipinski definition) is 7. The van der Waals surface area contributed by atoms with Crippen molar-refractivity contribution in [2.75, 3.05) is 12.9 Å². The van der Waals surface area contributed by atoms with Gasteiger partial charge in [0.25, 0.3) is 10.1 Å². The molecule has 1 aromatic carbocycles. The number of aliphatic hydroxyl groups excluding tert-OH is 1. The number of nitrogens with one attached hydrogen (secondary N) is 1. The standard InChI is InChI=1S/C14H19NO8S/c1-22-14(18)12(15-9-16)8-10-2-4-11(5-3-10)23-13(17)6-7-24(19,20)21/h2-5,9,12,14,18H,6-8H2,1H3,(H,15,16)(H,19,20,21). The van der Waals surface area contributed by atoms with Crippen molar-refractivity contribution in [3.05, 3.63) is 29.8 Å². The summed E-state index contributed by atoms with van der Waals surface area (Å²) < 4.78 is 39.4. The molecule has 10 heteroatoms. The van der Waals surface area contributed by atoms with E-state index in [1.807, 2.05) is 0 Å². The SMILES string of the molecule is COC(O)C(Cc1ccc(OC(=O)CCS(=O)(=O)O)cc1)NC=O. The fourth-order valence-electron chi connectivity index (χ4n) is 1.84. The summed E-state index contributed by atoms with van der Waals surface area (Å²) in [6, 6.07) is 5.56. The Labute approximate surface area is 139 Å². The first-order valence-corrected chi connectivity index (χ1v) is 8.51. The lowest BCUT2D eigenvalue weighted by Gasteiger charge is -2.21. The van der Waals surface area contributed by atoms with Crippen LogP contribution in [0.2, 0.25) is 0 Å². The smallest absolute Gasteiger partial charge is 0.312 e. The minimum absolute atomic E-state index is 0.200. The van der Waals surface area contributed by atoms with Gasteiger partial charge in [-0.15, -0.1) is 0 Å². The Bertz CT molecular complexity index is 643. The average Bonchev–Trinajstić information content (AvgIpc) is 2.53. The highest BCUT2D eigenvalue weighted by atomic mass is 32.2. The highest BCUT2D eigenvalue weighted by molar-refractivity contribution is 7.85. The summed E-state index contributed by atoms with van der Waals surface area (Å²) in [6.45, 7) is 0. The van der Waals surface area contributed by atoms with Crippen LogP contribution in [0.25, 0.3) is 0 Å². The maximum absolute atomic E-state index is 11.4. The van der Waals surface area contributed by atoms with E-state index in [1.165, 1.54) is 19.2 Å². The van der Waals surface area contributed by atoms with Crippen LogP contribution in [-0.4, -0.2) is 55.7 Å². The Morgan fingerprint density at radius 2 is 1.96 bits per heavy atom. The summed E-state index contributed by atoms with van der Waals surface area (Å²) in [5, 5.41) is 12.1. The second-order valence-corrected chi connectivity index (χ2v) is 6.45. The van der Waals surface area contributed by atoms with Crippen LogP contribution in [0.15, 0.2) is 24.3 Å². The summed E-state index contributed by atoms with van der Waals surface area (Å²) in [7, 11) is -2.91. The number of carbonyl (C=O) groups is 2. The minimum atomic E-state index is -4.22. The number of hydrogen-bond donors (Lipinski definition) is 3. The topological polar surface area (TPSA) is 139 Å². The van der Waals surface area contributed by atoms with Crippen molar-refractivity contribution in [1.29, 1.82) is 0 Å². The zero-order valence-electron chi connectivity index (χ0n) is 12.9. The lowest BCUT2D eigenvalue weighted by molar-refractivity contribution is -0.134. The zero-order chi connectivity index (χ0) is 18.2. The van der Waals surface area contributed by atoms with Crippen molar-refractivity contribution >= 4 is 22.5 Å². The maximum atomic E-state index is 11.4. The van der Waals surface area contributed by atoms with Crippen LogP contribution in [0, 0.1) is 0 Å². The Hall–Kier alpha value is -2.01. The third kappa shape index (κ3) is 7.51. The van der Waals surface area contributed by atoms with Crippen molar-refractivity contribution in [2.24, 2.45) is 0 Å². The van der Waals surface area contributed by atoms with Crippen LogP contribution in [-0.2, 0) is 30.9 Å². The van der Waals surface area contributed by atoms with Gasteiger partial charge in [-0.25, -0.2) is 0 Å². The van der Waals surface area contributed by atoms with E-state index in [4.69, 9.17) is 14.0 Å². The molecule has 0 aliphatic heterocycles. The van der Waals surface area contributed by atoms with Crippen molar-refractivity contribution in [3.63, 3.8) is 0 Å². The average molecular weight is 361 g/mol. The quantitative estimate of drug-likeness (QED) is 0.166.